The van der Waals surface area contributed by atoms with Crippen molar-refractivity contribution in [1.29, 1.82) is 0 Å². The van der Waals surface area contributed by atoms with Crippen molar-refractivity contribution in [3.05, 3.63) is 114 Å². The summed E-state index contributed by atoms with van der Waals surface area (Å²) in [6.45, 7) is 0.974. The van der Waals surface area contributed by atoms with Crippen molar-refractivity contribution in [1.82, 2.24) is 19.8 Å². The Balaban J connectivity index is 1.21. The molecule has 1 aliphatic rings. The lowest BCUT2D eigenvalue weighted by molar-refractivity contribution is 0.0601. The van der Waals surface area contributed by atoms with Gasteiger partial charge in [-0.2, -0.15) is 0 Å². The van der Waals surface area contributed by atoms with Crippen molar-refractivity contribution in [2.45, 2.75) is 0 Å². The second-order valence-electron chi connectivity index (χ2n) is 11.4. The zero-order valence-corrected chi connectivity index (χ0v) is 23.9. The molecule has 1 N–H and O–H groups in total. The van der Waals surface area contributed by atoms with Crippen LogP contribution in [0.2, 0.25) is 0 Å². The van der Waals surface area contributed by atoms with Crippen molar-refractivity contribution in [2.75, 3.05) is 27.2 Å². The number of aromatic amines is 1. The molecule has 2 amide bonds. The molecule has 8 rings (SSSR count). The highest BCUT2D eigenvalue weighted by Crippen LogP contribution is 2.38. The summed E-state index contributed by atoms with van der Waals surface area (Å²) in [5, 5.41) is 6.31. The number of hydrogen-bond acceptors (Lipinski definition) is 4. The van der Waals surface area contributed by atoms with E-state index in [1.165, 1.54) is 15.7 Å². The number of carbonyl (C=O) groups is 2. The Morgan fingerprint density at radius 2 is 1.21 bits per heavy atom. The van der Waals surface area contributed by atoms with Gasteiger partial charge in [0.2, 0.25) is 0 Å². The van der Waals surface area contributed by atoms with E-state index in [1.807, 2.05) is 49.3 Å². The van der Waals surface area contributed by atoms with Gasteiger partial charge < -0.3 is 9.88 Å². The molecule has 2 heterocycles. The molecule has 0 saturated heterocycles. The molecule has 0 fully saturated rings. The first kappa shape index (κ1) is 25.4. The van der Waals surface area contributed by atoms with E-state index >= 15 is 0 Å². The Bertz CT molecular complexity index is 2170. The van der Waals surface area contributed by atoms with Crippen LogP contribution in [-0.2, 0) is 0 Å². The van der Waals surface area contributed by atoms with Crippen LogP contribution in [-0.4, -0.2) is 58.8 Å². The first-order valence-electron chi connectivity index (χ1n) is 14.5. The Morgan fingerprint density at radius 1 is 0.628 bits per heavy atom. The fraction of sp³-hybridized carbons (Fsp3) is 0.108. The summed E-state index contributed by atoms with van der Waals surface area (Å²) in [5.41, 5.74) is 6.12. The molecule has 0 saturated carbocycles. The van der Waals surface area contributed by atoms with E-state index in [2.05, 4.69) is 77.8 Å². The van der Waals surface area contributed by atoms with Crippen LogP contribution in [0.3, 0.4) is 0 Å². The third kappa shape index (κ3) is 3.87. The van der Waals surface area contributed by atoms with Gasteiger partial charge in [0, 0.05) is 45.9 Å². The summed E-state index contributed by atoms with van der Waals surface area (Å²) in [5.74, 6) is 0.346. The van der Waals surface area contributed by atoms with Gasteiger partial charge in [0.1, 0.15) is 5.82 Å². The number of rotatable bonds is 5. The maximum atomic E-state index is 13.4. The fourth-order valence-corrected chi connectivity index (χ4v) is 6.47. The third-order valence-corrected chi connectivity index (χ3v) is 8.60. The average Bonchev–Trinajstić information content (AvgIpc) is 3.50. The zero-order valence-electron chi connectivity index (χ0n) is 23.9. The smallest absolute Gasteiger partial charge is 0.261 e. The predicted molar refractivity (Wildman–Crippen MR) is 173 cm³/mol. The highest BCUT2D eigenvalue weighted by Gasteiger charge is 2.33. The average molecular weight is 561 g/mol. The number of benzene rings is 6. The number of nitrogens with zero attached hydrogens (tertiary/aromatic N) is 3. The molecule has 7 aromatic rings. The highest BCUT2D eigenvalue weighted by atomic mass is 16.2. The number of hydrogen-bond donors (Lipinski definition) is 1. The van der Waals surface area contributed by atoms with Crippen molar-refractivity contribution in [3.63, 3.8) is 0 Å². The van der Waals surface area contributed by atoms with Gasteiger partial charge in [-0.1, -0.05) is 91.0 Å². The van der Waals surface area contributed by atoms with Crippen molar-refractivity contribution in [2.24, 2.45) is 0 Å². The standard InChI is InChI=1S/C37H28N4O2/c1-40(2)20-21-41-36(42)30-13-7-12-27-24(18-19-31(32(27)30)37(41)43)22-14-16-23(17-15-22)35-38-33-28-10-5-3-8-25(28)26-9-4-6-11-29(26)34(33)39-35/h3-19H,20-21H2,1-2H3,(H,38,39). The van der Waals surface area contributed by atoms with E-state index in [-0.39, 0.29) is 11.8 Å². The summed E-state index contributed by atoms with van der Waals surface area (Å²) in [6.07, 6.45) is 0. The molecule has 1 aliphatic heterocycles. The Morgan fingerprint density at radius 3 is 1.93 bits per heavy atom. The van der Waals surface area contributed by atoms with Crippen LogP contribution in [0.4, 0.5) is 0 Å². The van der Waals surface area contributed by atoms with Crippen LogP contribution in [0.15, 0.2) is 103 Å². The topological polar surface area (TPSA) is 69.3 Å². The quantitative estimate of drug-likeness (QED) is 0.175. The minimum absolute atomic E-state index is 0.234. The van der Waals surface area contributed by atoms with E-state index in [4.69, 9.17) is 4.98 Å². The number of imidazole rings is 1. The van der Waals surface area contributed by atoms with Gasteiger partial charge >= 0.3 is 0 Å². The Kier molecular flexibility index (Phi) is 5.67. The molecule has 43 heavy (non-hydrogen) atoms. The molecule has 0 spiro atoms. The minimum atomic E-state index is -0.234. The summed E-state index contributed by atoms with van der Waals surface area (Å²) in [7, 11) is 3.87. The van der Waals surface area contributed by atoms with Gasteiger partial charge in [-0.3, -0.25) is 14.5 Å². The third-order valence-electron chi connectivity index (χ3n) is 8.60. The molecule has 0 unspecified atom stereocenters. The molecule has 6 aromatic carbocycles. The van der Waals surface area contributed by atoms with Gasteiger partial charge in [0.05, 0.1) is 11.0 Å². The molecule has 6 nitrogen and oxygen atoms in total. The number of aromatic nitrogens is 2. The van der Waals surface area contributed by atoms with E-state index in [9.17, 15) is 9.59 Å². The molecular weight excluding hydrogens is 532 g/mol. The summed E-state index contributed by atoms with van der Waals surface area (Å²) in [4.78, 5) is 38.8. The van der Waals surface area contributed by atoms with Crippen LogP contribution in [0.5, 0.6) is 0 Å². The predicted octanol–water partition coefficient (Wildman–Crippen LogP) is 7.51. The number of imide groups is 1. The lowest BCUT2D eigenvalue weighted by Gasteiger charge is -2.28. The lowest BCUT2D eigenvalue weighted by atomic mass is 9.89. The molecule has 1 aromatic heterocycles. The van der Waals surface area contributed by atoms with Crippen LogP contribution in [0.25, 0.3) is 65.9 Å². The number of H-pyrrole nitrogens is 1. The minimum Gasteiger partial charge on any atom is -0.337 e. The van der Waals surface area contributed by atoms with E-state index < -0.39 is 0 Å². The van der Waals surface area contributed by atoms with E-state index in [0.717, 1.165) is 55.1 Å². The van der Waals surface area contributed by atoms with Crippen LogP contribution < -0.4 is 0 Å². The number of fused-ring (bicyclic) bond motifs is 6. The van der Waals surface area contributed by atoms with Crippen molar-refractivity contribution in [3.8, 4) is 22.5 Å². The zero-order chi connectivity index (χ0) is 29.2. The van der Waals surface area contributed by atoms with Gasteiger partial charge in [-0.05, 0) is 53.5 Å². The molecule has 0 aliphatic carbocycles. The van der Waals surface area contributed by atoms with Gasteiger partial charge in [-0.15, -0.1) is 0 Å². The molecule has 0 bridgehead atoms. The van der Waals surface area contributed by atoms with Gasteiger partial charge in [0.15, 0.2) is 0 Å². The molecule has 0 atom stereocenters. The number of likely N-dealkylation sites (N-methyl/N-ethyl adjacent to an activating group) is 1. The number of amides is 2. The summed E-state index contributed by atoms with van der Waals surface area (Å²) < 4.78 is 0. The number of carbonyl (C=O) groups excluding carboxylic acids is 2. The van der Waals surface area contributed by atoms with E-state index in [0.29, 0.717) is 24.2 Å². The monoisotopic (exact) mass is 560 g/mol. The largest absolute Gasteiger partial charge is 0.337 e. The molecule has 208 valence electrons. The summed E-state index contributed by atoms with van der Waals surface area (Å²) >= 11 is 0. The Labute approximate surface area is 248 Å². The fourth-order valence-electron chi connectivity index (χ4n) is 6.47. The van der Waals surface area contributed by atoms with Crippen LogP contribution in [0, 0.1) is 0 Å². The van der Waals surface area contributed by atoms with Crippen molar-refractivity contribution < 1.29 is 9.59 Å². The normalized spacial score (nSPS) is 13.3. The Hall–Kier alpha value is -5.33. The molecule has 6 heteroatoms. The molecular formula is C37H28N4O2. The maximum Gasteiger partial charge on any atom is 0.261 e. The van der Waals surface area contributed by atoms with Gasteiger partial charge in [0.25, 0.3) is 11.8 Å². The first-order valence-corrected chi connectivity index (χ1v) is 14.5. The summed E-state index contributed by atoms with van der Waals surface area (Å²) in [6, 6.07) is 34.8. The van der Waals surface area contributed by atoms with Gasteiger partial charge in [-0.25, -0.2) is 4.98 Å². The molecule has 0 radical (unpaired) electrons. The lowest BCUT2D eigenvalue weighted by Crippen LogP contribution is -2.43. The maximum absolute atomic E-state index is 13.4. The number of nitrogens with one attached hydrogen (secondary N) is 1. The SMILES string of the molecule is CN(C)CCN1C(=O)c2cccc3c(-c4ccc(-c5nc6c7ccccc7c7ccccc7c6[nH]5)cc4)ccc(c23)C1=O. The second kappa shape index (κ2) is 9.61. The van der Waals surface area contributed by atoms with E-state index in [1.54, 1.807) is 0 Å². The van der Waals surface area contributed by atoms with Crippen LogP contribution in [0.1, 0.15) is 20.7 Å². The second-order valence-corrected chi connectivity index (χ2v) is 11.4. The first-order chi connectivity index (χ1) is 21.0. The highest BCUT2D eigenvalue weighted by molar-refractivity contribution is 6.27. The van der Waals surface area contributed by atoms with Crippen molar-refractivity contribution >= 4 is 55.2 Å². The van der Waals surface area contributed by atoms with Crippen LogP contribution >= 0.6 is 0 Å².